The molecule has 1 aromatic rings. The van der Waals surface area contributed by atoms with Crippen molar-refractivity contribution < 1.29 is 22.7 Å². The molecule has 2 heterocycles. The molecule has 2 fully saturated rings. The van der Waals surface area contributed by atoms with Crippen LogP contribution in [-0.2, 0) is 24.1 Å². The van der Waals surface area contributed by atoms with E-state index in [2.05, 4.69) is 31.0 Å². The summed E-state index contributed by atoms with van der Waals surface area (Å²) in [5.74, 6) is -0.457. The molecule has 8 heteroatoms. The molecular weight excluding hydrogens is 392 g/mol. The zero-order valence-electron chi connectivity index (χ0n) is 17.0. The normalized spacial score (nSPS) is 37.0. The first kappa shape index (κ1) is 20.5. The molecule has 29 heavy (non-hydrogen) atoms. The van der Waals surface area contributed by atoms with Gasteiger partial charge in [0.15, 0.2) is 0 Å². The summed E-state index contributed by atoms with van der Waals surface area (Å²) in [5, 5.41) is 8.09. The van der Waals surface area contributed by atoms with Crippen LogP contribution in [0.2, 0.25) is 0 Å². The van der Waals surface area contributed by atoms with E-state index in [0.717, 1.165) is 19.3 Å². The quantitative estimate of drug-likeness (QED) is 0.679. The second-order valence-electron chi connectivity index (χ2n) is 8.81. The van der Waals surface area contributed by atoms with E-state index in [1.54, 1.807) is 18.2 Å². The van der Waals surface area contributed by atoms with Crippen molar-refractivity contribution in [1.82, 2.24) is 0 Å². The SMILES string of the molecule is CC(C)[C@@H]1CC[C@@H](C)C[C@H]1O[C@H]1OC(=O)[C@H]2CN=N[C@@]12S(=O)(=O)c1ccccc1. The van der Waals surface area contributed by atoms with Gasteiger partial charge in [-0.1, -0.05) is 45.4 Å². The van der Waals surface area contributed by atoms with Crippen LogP contribution in [0.25, 0.3) is 0 Å². The van der Waals surface area contributed by atoms with Crippen molar-refractivity contribution in [3.8, 4) is 0 Å². The highest BCUT2D eigenvalue weighted by Crippen LogP contribution is 2.49. The van der Waals surface area contributed by atoms with Crippen LogP contribution < -0.4 is 0 Å². The minimum atomic E-state index is -4.05. The molecule has 1 aliphatic carbocycles. The van der Waals surface area contributed by atoms with Gasteiger partial charge in [-0.2, -0.15) is 10.2 Å². The van der Waals surface area contributed by atoms with Gasteiger partial charge < -0.3 is 9.47 Å². The number of carbonyl (C=O) groups excluding carboxylic acids is 1. The van der Waals surface area contributed by atoms with Crippen LogP contribution in [0.3, 0.4) is 0 Å². The third-order valence-electron chi connectivity index (χ3n) is 6.58. The van der Waals surface area contributed by atoms with Crippen molar-refractivity contribution in [2.24, 2.45) is 33.9 Å². The highest BCUT2D eigenvalue weighted by molar-refractivity contribution is 7.93. The van der Waals surface area contributed by atoms with Gasteiger partial charge in [0.05, 0.1) is 17.5 Å². The first-order chi connectivity index (χ1) is 13.8. The minimum absolute atomic E-state index is 0.000560. The summed E-state index contributed by atoms with van der Waals surface area (Å²) >= 11 is 0. The summed E-state index contributed by atoms with van der Waals surface area (Å²) in [6.07, 6.45) is 1.46. The van der Waals surface area contributed by atoms with Crippen molar-refractivity contribution in [3.05, 3.63) is 30.3 Å². The fourth-order valence-electron chi connectivity index (χ4n) is 4.87. The molecule has 0 aromatic heterocycles. The Morgan fingerprint density at radius 2 is 1.93 bits per heavy atom. The Morgan fingerprint density at radius 3 is 2.62 bits per heavy atom. The van der Waals surface area contributed by atoms with E-state index in [1.807, 2.05) is 0 Å². The number of hydrogen-bond acceptors (Lipinski definition) is 7. The number of ether oxygens (including phenoxy) is 2. The first-order valence-corrected chi connectivity index (χ1v) is 11.8. The molecule has 4 rings (SSSR count). The van der Waals surface area contributed by atoms with Crippen molar-refractivity contribution in [1.29, 1.82) is 0 Å². The maximum atomic E-state index is 13.6. The Morgan fingerprint density at radius 1 is 1.21 bits per heavy atom. The molecule has 0 unspecified atom stereocenters. The number of rotatable bonds is 5. The molecule has 7 nitrogen and oxygen atoms in total. The van der Waals surface area contributed by atoms with Crippen molar-refractivity contribution in [2.75, 3.05) is 6.54 Å². The van der Waals surface area contributed by atoms with Crippen LogP contribution in [0.4, 0.5) is 0 Å². The Bertz CT molecular complexity index is 901. The molecule has 3 aliphatic rings. The van der Waals surface area contributed by atoms with Crippen LogP contribution in [0.5, 0.6) is 0 Å². The number of cyclic esters (lactones) is 1. The van der Waals surface area contributed by atoms with Gasteiger partial charge in [-0.05, 0) is 42.7 Å². The smallest absolute Gasteiger partial charge is 0.317 e. The van der Waals surface area contributed by atoms with E-state index in [-0.39, 0.29) is 23.5 Å². The maximum absolute atomic E-state index is 13.6. The summed E-state index contributed by atoms with van der Waals surface area (Å²) in [5.41, 5.74) is 0. The number of carbonyl (C=O) groups is 1. The second-order valence-corrected chi connectivity index (χ2v) is 10.9. The topological polar surface area (TPSA) is 94.4 Å². The zero-order valence-corrected chi connectivity index (χ0v) is 17.8. The van der Waals surface area contributed by atoms with Crippen LogP contribution in [0.1, 0.15) is 40.0 Å². The average molecular weight is 421 g/mol. The number of sulfone groups is 1. The molecule has 6 atom stereocenters. The fourth-order valence-corrected chi connectivity index (χ4v) is 6.83. The van der Waals surface area contributed by atoms with Gasteiger partial charge >= 0.3 is 5.97 Å². The van der Waals surface area contributed by atoms with Gasteiger partial charge in [0.2, 0.25) is 16.1 Å². The van der Waals surface area contributed by atoms with E-state index in [4.69, 9.17) is 9.47 Å². The summed E-state index contributed by atoms with van der Waals surface area (Å²) in [7, 11) is -4.05. The number of azo groups is 1. The van der Waals surface area contributed by atoms with Crippen LogP contribution >= 0.6 is 0 Å². The first-order valence-electron chi connectivity index (χ1n) is 10.3. The summed E-state index contributed by atoms with van der Waals surface area (Å²) in [4.78, 5) is 10.8. The predicted molar refractivity (Wildman–Crippen MR) is 106 cm³/mol. The summed E-state index contributed by atoms with van der Waals surface area (Å²) in [6.45, 7) is 6.46. The third kappa shape index (κ3) is 3.20. The molecular formula is C21H28N2O5S. The lowest BCUT2D eigenvalue weighted by molar-refractivity contribution is -0.192. The Kier molecular flexibility index (Phi) is 5.27. The monoisotopic (exact) mass is 420 g/mol. The predicted octanol–water partition coefficient (Wildman–Crippen LogP) is 3.60. The zero-order chi connectivity index (χ0) is 20.8. The van der Waals surface area contributed by atoms with Crippen LogP contribution in [0, 0.1) is 23.7 Å². The number of benzene rings is 1. The molecule has 1 saturated heterocycles. The van der Waals surface area contributed by atoms with E-state index < -0.39 is 32.9 Å². The lowest BCUT2D eigenvalue weighted by atomic mass is 9.75. The minimum Gasteiger partial charge on any atom is -0.431 e. The van der Waals surface area contributed by atoms with Gasteiger partial charge in [-0.25, -0.2) is 8.42 Å². The third-order valence-corrected chi connectivity index (χ3v) is 8.89. The maximum Gasteiger partial charge on any atom is 0.317 e. The van der Waals surface area contributed by atoms with Crippen LogP contribution in [-0.4, -0.2) is 38.2 Å². The molecule has 0 spiro atoms. The highest BCUT2D eigenvalue weighted by atomic mass is 32.2. The van der Waals surface area contributed by atoms with Gasteiger partial charge in [0, 0.05) is 0 Å². The molecule has 0 amide bonds. The lowest BCUT2D eigenvalue weighted by Crippen LogP contribution is -2.51. The van der Waals surface area contributed by atoms with Gasteiger partial charge in [0.1, 0.15) is 5.92 Å². The number of hydrogen-bond donors (Lipinski definition) is 0. The van der Waals surface area contributed by atoms with Crippen LogP contribution in [0.15, 0.2) is 45.5 Å². The van der Waals surface area contributed by atoms with Crippen molar-refractivity contribution >= 4 is 15.8 Å². The summed E-state index contributed by atoms with van der Waals surface area (Å²) < 4.78 is 39.1. The standard InChI is InChI=1S/C21H28N2O5S/c1-13(2)16-10-9-14(3)11-18(16)27-20-21(17(12-22-23-21)19(24)28-20)29(25,26)15-7-5-4-6-8-15/h4-8,13-14,16-18,20H,9-12H2,1-3H3/t14-,16+,17-,18-,20+,21+/m1/s1. The Hall–Kier alpha value is -1.80. The van der Waals surface area contributed by atoms with Crippen molar-refractivity contribution in [2.45, 2.75) is 62.2 Å². The molecule has 0 bridgehead atoms. The molecule has 0 radical (unpaired) electrons. The van der Waals surface area contributed by atoms with E-state index in [0.29, 0.717) is 11.8 Å². The van der Waals surface area contributed by atoms with Gasteiger partial charge in [-0.15, -0.1) is 0 Å². The highest BCUT2D eigenvalue weighted by Gasteiger charge is 2.70. The molecule has 158 valence electrons. The Labute approximate surface area is 171 Å². The summed E-state index contributed by atoms with van der Waals surface area (Å²) in [6, 6.07) is 8.06. The van der Waals surface area contributed by atoms with E-state index in [1.165, 1.54) is 12.1 Å². The van der Waals surface area contributed by atoms with Gasteiger partial charge in [-0.3, -0.25) is 4.79 Å². The molecule has 2 aliphatic heterocycles. The lowest BCUT2D eigenvalue weighted by Gasteiger charge is -2.39. The fraction of sp³-hybridized carbons (Fsp3) is 0.667. The second kappa shape index (κ2) is 7.47. The van der Waals surface area contributed by atoms with Gasteiger partial charge in [0.25, 0.3) is 4.87 Å². The van der Waals surface area contributed by atoms with E-state index >= 15 is 0 Å². The number of esters is 1. The average Bonchev–Trinajstić information content (AvgIpc) is 3.24. The van der Waals surface area contributed by atoms with E-state index in [9.17, 15) is 13.2 Å². The number of nitrogens with zero attached hydrogens (tertiary/aromatic N) is 2. The molecule has 1 saturated carbocycles. The number of fused-ring (bicyclic) bond motifs is 1. The molecule has 0 N–H and O–H groups in total. The Balaban J connectivity index is 1.73. The van der Waals surface area contributed by atoms with Crippen molar-refractivity contribution in [3.63, 3.8) is 0 Å². The largest absolute Gasteiger partial charge is 0.431 e. The molecule has 1 aromatic carbocycles.